The van der Waals surface area contributed by atoms with Crippen LogP contribution in [0.4, 0.5) is 0 Å². The average molecular weight is 351 g/mol. The molecule has 1 aliphatic heterocycles. The first-order chi connectivity index (χ1) is 12.7. The number of aromatic nitrogens is 2. The fraction of sp³-hybridized carbons (Fsp3) is 0.545. The maximum Gasteiger partial charge on any atom is 0.226 e. The molecular weight excluding hydrogens is 322 g/mol. The van der Waals surface area contributed by atoms with Crippen molar-refractivity contribution in [3.63, 3.8) is 0 Å². The van der Waals surface area contributed by atoms with E-state index in [-0.39, 0.29) is 5.91 Å². The molecule has 0 atom stereocenters. The number of hydrogen-bond acceptors (Lipinski definition) is 2. The Kier molecular flexibility index (Phi) is 5.09. The Morgan fingerprint density at radius 1 is 1.19 bits per heavy atom. The maximum absolute atomic E-state index is 12.6. The molecule has 1 saturated carbocycles. The zero-order valence-corrected chi connectivity index (χ0v) is 15.7. The fourth-order valence-corrected chi connectivity index (χ4v) is 4.28. The highest BCUT2D eigenvalue weighted by atomic mass is 16.2. The predicted molar refractivity (Wildman–Crippen MR) is 103 cm³/mol. The first-order valence-corrected chi connectivity index (χ1v) is 10.0. The van der Waals surface area contributed by atoms with Crippen molar-refractivity contribution in [2.45, 2.75) is 57.9 Å². The second-order valence-corrected chi connectivity index (χ2v) is 8.06. The second-order valence-electron chi connectivity index (χ2n) is 8.06. The van der Waals surface area contributed by atoms with E-state index in [0.717, 1.165) is 44.0 Å². The summed E-state index contributed by atoms with van der Waals surface area (Å²) in [6.07, 6.45) is 10.8. The lowest BCUT2D eigenvalue weighted by atomic mass is 9.85. The van der Waals surface area contributed by atoms with Crippen molar-refractivity contribution >= 4 is 5.91 Å². The van der Waals surface area contributed by atoms with Crippen molar-refractivity contribution in [1.82, 2.24) is 14.5 Å². The van der Waals surface area contributed by atoms with Crippen LogP contribution in [-0.4, -0.2) is 33.4 Å². The van der Waals surface area contributed by atoms with Crippen molar-refractivity contribution in [2.75, 3.05) is 13.1 Å². The minimum Gasteiger partial charge on any atom is -0.342 e. The Labute approximate surface area is 156 Å². The summed E-state index contributed by atoms with van der Waals surface area (Å²) in [5.41, 5.74) is 2.33. The molecule has 4 heteroatoms. The number of aryl methyl sites for hydroxylation is 1. The van der Waals surface area contributed by atoms with E-state index < -0.39 is 0 Å². The van der Waals surface area contributed by atoms with Crippen LogP contribution in [0.3, 0.4) is 0 Å². The zero-order valence-electron chi connectivity index (χ0n) is 15.7. The summed E-state index contributed by atoms with van der Waals surface area (Å²) in [6, 6.07) is 8.27. The van der Waals surface area contributed by atoms with Crippen molar-refractivity contribution < 1.29 is 4.79 Å². The van der Waals surface area contributed by atoms with Gasteiger partial charge in [0.1, 0.15) is 5.82 Å². The van der Waals surface area contributed by atoms with Crippen LogP contribution in [0.25, 0.3) is 0 Å². The van der Waals surface area contributed by atoms with Crippen LogP contribution in [-0.2, 0) is 17.8 Å². The summed E-state index contributed by atoms with van der Waals surface area (Å²) in [6.45, 7) is 4.91. The van der Waals surface area contributed by atoms with E-state index in [1.807, 2.05) is 17.2 Å². The normalized spacial score (nSPS) is 18.7. The number of benzene rings is 1. The molecule has 1 aliphatic carbocycles. The van der Waals surface area contributed by atoms with Gasteiger partial charge in [0, 0.05) is 37.9 Å². The van der Waals surface area contributed by atoms with Crippen LogP contribution in [0.2, 0.25) is 0 Å². The molecule has 2 heterocycles. The molecular formula is C22H29N3O. The predicted octanol–water partition coefficient (Wildman–Crippen LogP) is 3.94. The summed E-state index contributed by atoms with van der Waals surface area (Å²) in [5, 5.41) is 0. The molecule has 2 fully saturated rings. The van der Waals surface area contributed by atoms with Crippen LogP contribution in [0, 0.1) is 12.8 Å². The Morgan fingerprint density at radius 3 is 2.69 bits per heavy atom. The van der Waals surface area contributed by atoms with Crippen LogP contribution in [0.1, 0.15) is 55.0 Å². The molecule has 0 radical (unpaired) electrons. The molecule has 138 valence electrons. The van der Waals surface area contributed by atoms with Gasteiger partial charge in [-0.25, -0.2) is 4.98 Å². The smallest absolute Gasteiger partial charge is 0.226 e. The molecule has 0 bridgehead atoms. The molecule has 0 spiro atoms. The summed E-state index contributed by atoms with van der Waals surface area (Å²) in [5.74, 6) is 2.83. The number of nitrogens with zero attached hydrogens (tertiary/aromatic N) is 3. The summed E-state index contributed by atoms with van der Waals surface area (Å²) >= 11 is 0. The Morgan fingerprint density at radius 2 is 2.00 bits per heavy atom. The molecule has 1 aromatic heterocycles. The highest BCUT2D eigenvalue weighted by Gasteiger charge is 2.27. The standard InChI is InChI=1S/C22H29N3O/c1-17-4-2-7-19(14-17)15-21(26)24-11-8-20(9-12-24)22-23-10-13-25(22)16-18-5-3-6-18/h2,4,7,10,13-14,18,20H,3,5-6,8-9,11-12,15-16H2,1H3. The highest BCUT2D eigenvalue weighted by molar-refractivity contribution is 5.78. The van der Waals surface area contributed by atoms with Gasteiger partial charge in [0.25, 0.3) is 0 Å². The van der Waals surface area contributed by atoms with E-state index in [9.17, 15) is 4.79 Å². The number of rotatable bonds is 5. The lowest BCUT2D eigenvalue weighted by Gasteiger charge is -2.33. The SMILES string of the molecule is Cc1cccc(CC(=O)N2CCC(c3nccn3CC3CCC3)CC2)c1. The molecule has 4 rings (SSSR count). The number of carbonyl (C=O) groups is 1. The molecule has 26 heavy (non-hydrogen) atoms. The van der Waals surface area contributed by atoms with Gasteiger partial charge in [-0.15, -0.1) is 0 Å². The molecule has 0 unspecified atom stereocenters. The molecule has 2 aliphatic rings. The molecule has 1 saturated heterocycles. The van der Waals surface area contributed by atoms with Crippen molar-refractivity contribution in [2.24, 2.45) is 5.92 Å². The topological polar surface area (TPSA) is 38.1 Å². The number of carbonyl (C=O) groups excluding carboxylic acids is 1. The summed E-state index contributed by atoms with van der Waals surface area (Å²) < 4.78 is 2.37. The third-order valence-corrected chi connectivity index (χ3v) is 6.08. The largest absolute Gasteiger partial charge is 0.342 e. The van der Waals surface area contributed by atoms with Crippen LogP contribution in [0.5, 0.6) is 0 Å². The van der Waals surface area contributed by atoms with Gasteiger partial charge in [0.2, 0.25) is 5.91 Å². The van der Waals surface area contributed by atoms with E-state index in [1.54, 1.807) is 0 Å². The van der Waals surface area contributed by atoms with Gasteiger partial charge in [0.05, 0.1) is 6.42 Å². The quantitative estimate of drug-likeness (QED) is 0.818. The minimum atomic E-state index is 0.256. The molecule has 1 aromatic carbocycles. The van der Waals surface area contributed by atoms with Crippen molar-refractivity contribution in [3.8, 4) is 0 Å². The van der Waals surface area contributed by atoms with E-state index in [0.29, 0.717) is 12.3 Å². The molecule has 1 amide bonds. The van der Waals surface area contributed by atoms with E-state index in [1.165, 1.54) is 30.7 Å². The number of likely N-dealkylation sites (tertiary alicyclic amines) is 1. The van der Waals surface area contributed by atoms with E-state index in [4.69, 9.17) is 0 Å². The highest BCUT2D eigenvalue weighted by Crippen LogP contribution is 2.31. The van der Waals surface area contributed by atoms with Crippen molar-refractivity contribution in [1.29, 1.82) is 0 Å². The fourth-order valence-electron chi connectivity index (χ4n) is 4.28. The zero-order chi connectivity index (χ0) is 17.9. The van der Waals surface area contributed by atoms with Gasteiger partial charge in [0.15, 0.2) is 0 Å². The lowest BCUT2D eigenvalue weighted by Crippen LogP contribution is -2.39. The van der Waals surface area contributed by atoms with Gasteiger partial charge in [-0.3, -0.25) is 4.79 Å². The monoisotopic (exact) mass is 351 g/mol. The van der Waals surface area contributed by atoms with Gasteiger partial charge in [-0.2, -0.15) is 0 Å². The van der Waals surface area contributed by atoms with Gasteiger partial charge >= 0.3 is 0 Å². The van der Waals surface area contributed by atoms with Crippen LogP contribution in [0.15, 0.2) is 36.7 Å². The molecule has 0 N–H and O–H groups in total. The Balaban J connectivity index is 1.32. The van der Waals surface area contributed by atoms with E-state index in [2.05, 4.69) is 40.9 Å². The lowest BCUT2D eigenvalue weighted by molar-refractivity contribution is -0.131. The molecule has 4 nitrogen and oxygen atoms in total. The number of amides is 1. The third-order valence-electron chi connectivity index (χ3n) is 6.08. The number of piperidine rings is 1. The van der Waals surface area contributed by atoms with Gasteiger partial charge in [-0.05, 0) is 44.1 Å². The van der Waals surface area contributed by atoms with Crippen LogP contribution >= 0.6 is 0 Å². The number of hydrogen-bond donors (Lipinski definition) is 0. The first kappa shape index (κ1) is 17.3. The van der Waals surface area contributed by atoms with Gasteiger partial charge in [-0.1, -0.05) is 36.2 Å². The van der Waals surface area contributed by atoms with Crippen molar-refractivity contribution in [3.05, 3.63) is 53.6 Å². The summed E-state index contributed by atoms with van der Waals surface area (Å²) in [4.78, 5) is 19.3. The second kappa shape index (κ2) is 7.65. The average Bonchev–Trinajstić information content (AvgIpc) is 3.06. The van der Waals surface area contributed by atoms with Gasteiger partial charge < -0.3 is 9.47 Å². The minimum absolute atomic E-state index is 0.256. The van der Waals surface area contributed by atoms with Crippen LogP contribution < -0.4 is 0 Å². The Hall–Kier alpha value is -2.10. The number of imidazole rings is 1. The maximum atomic E-state index is 12.6. The Bertz CT molecular complexity index is 754. The molecule has 2 aromatic rings. The first-order valence-electron chi connectivity index (χ1n) is 10.0. The van der Waals surface area contributed by atoms with E-state index >= 15 is 0 Å². The third kappa shape index (κ3) is 3.84. The summed E-state index contributed by atoms with van der Waals surface area (Å²) in [7, 11) is 0.